The van der Waals surface area contributed by atoms with Crippen LogP contribution >= 0.6 is 11.6 Å². The molecule has 8 heteroatoms. The fourth-order valence-corrected chi connectivity index (χ4v) is 4.37. The first-order valence-corrected chi connectivity index (χ1v) is 9.85. The van der Waals surface area contributed by atoms with Gasteiger partial charge in [0.05, 0.1) is 29.7 Å². The zero-order valence-corrected chi connectivity index (χ0v) is 16.7. The van der Waals surface area contributed by atoms with Crippen LogP contribution in [0.5, 0.6) is 0 Å². The second-order valence-electron chi connectivity index (χ2n) is 7.11. The van der Waals surface area contributed by atoms with Gasteiger partial charge in [0.15, 0.2) is 0 Å². The largest absolute Gasteiger partial charge is 0.465 e. The van der Waals surface area contributed by atoms with Gasteiger partial charge in [0.2, 0.25) is 0 Å². The summed E-state index contributed by atoms with van der Waals surface area (Å²) in [7, 11) is 0. The van der Waals surface area contributed by atoms with E-state index in [4.69, 9.17) is 20.9 Å². The number of hydrogen-bond acceptors (Lipinski definition) is 6. The number of ether oxygens (including phenoxy) is 1. The van der Waals surface area contributed by atoms with E-state index >= 15 is 0 Å². The fraction of sp³-hybridized carbons (Fsp3) is 0.450. The molecule has 7 nitrogen and oxygen atoms in total. The topological polar surface area (TPSA) is 77.6 Å². The molecule has 3 aromatic rings. The lowest BCUT2D eigenvalue weighted by Crippen LogP contribution is -2.42. The quantitative estimate of drug-likeness (QED) is 0.622. The summed E-state index contributed by atoms with van der Waals surface area (Å²) in [6.45, 7) is 5.52. The number of aromatic nitrogens is 2. The predicted molar refractivity (Wildman–Crippen MR) is 107 cm³/mol. The Morgan fingerprint density at radius 3 is 3.00 bits per heavy atom. The van der Waals surface area contributed by atoms with Crippen molar-refractivity contribution in [1.29, 1.82) is 0 Å². The first-order chi connectivity index (χ1) is 13.5. The van der Waals surface area contributed by atoms with Crippen molar-refractivity contribution < 1.29 is 14.1 Å². The zero-order valence-electron chi connectivity index (χ0n) is 15.9. The number of carbonyl (C=O) groups is 1. The Morgan fingerprint density at radius 2 is 2.21 bits per heavy atom. The van der Waals surface area contributed by atoms with Crippen molar-refractivity contribution in [3.63, 3.8) is 0 Å². The number of piperidine rings is 1. The number of rotatable bonds is 4. The van der Waals surface area contributed by atoms with Crippen molar-refractivity contribution in [2.45, 2.75) is 32.7 Å². The fourth-order valence-electron chi connectivity index (χ4n) is 4.11. The number of hydrogen-bond donors (Lipinski definition) is 0. The van der Waals surface area contributed by atoms with Gasteiger partial charge in [0, 0.05) is 11.9 Å². The number of benzene rings is 1. The number of carbonyl (C=O) groups excluding carboxylic acids is 1. The molecule has 1 aliphatic rings. The molecule has 1 saturated heterocycles. The summed E-state index contributed by atoms with van der Waals surface area (Å²) in [6, 6.07) is 5.43. The molecule has 0 radical (unpaired) electrons. The molecule has 0 bridgehead atoms. The van der Waals surface area contributed by atoms with Crippen LogP contribution in [-0.2, 0) is 9.53 Å². The van der Waals surface area contributed by atoms with E-state index in [1.54, 1.807) is 24.5 Å². The Balaban J connectivity index is 1.82. The number of fused-ring (bicyclic) bond motifs is 3. The third kappa shape index (κ3) is 3.18. The molecule has 0 saturated carbocycles. The number of pyridine rings is 1. The maximum Gasteiger partial charge on any atom is 0.320 e. The third-order valence-corrected chi connectivity index (χ3v) is 5.60. The molecule has 1 aromatic carbocycles. The molecule has 1 aliphatic heterocycles. The SMILES string of the molecule is CCOC(=O)CN1CCCC(n2c(=O)c3c(C)onc3c3c(Cl)cccc32)C1. The molecule has 4 rings (SSSR count). The molecule has 3 heterocycles. The lowest BCUT2D eigenvalue weighted by atomic mass is 10.0. The molecule has 0 aliphatic carbocycles. The highest BCUT2D eigenvalue weighted by molar-refractivity contribution is 6.37. The van der Waals surface area contributed by atoms with Crippen LogP contribution in [0.2, 0.25) is 5.02 Å². The van der Waals surface area contributed by atoms with Gasteiger partial charge >= 0.3 is 5.97 Å². The van der Waals surface area contributed by atoms with Crippen molar-refractivity contribution in [1.82, 2.24) is 14.6 Å². The summed E-state index contributed by atoms with van der Waals surface area (Å²) in [4.78, 5) is 27.3. The van der Waals surface area contributed by atoms with Gasteiger partial charge in [-0.2, -0.15) is 0 Å². The van der Waals surface area contributed by atoms with E-state index in [-0.39, 0.29) is 24.1 Å². The van der Waals surface area contributed by atoms with E-state index in [1.165, 1.54) is 0 Å². The van der Waals surface area contributed by atoms with Crippen molar-refractivity contribution >= 4 is 39.4 Å². The Morgan fingerprint density at radius 1 is 1.39 bits per heavy atom. The average molecular weight is 404 g/mol. The molecule has 28 heavy (non-hydrogen) atoms. The van der Waals surface area contributed by atoms with E-state index < -0.39 is 0 Å². The van der Waals surface area contributed by atoms with Gasteiger partial charge < -0.3 is 13.8 Å². The van der Waals surface area contributed by atoms with Crippen LogP contribution in [0.15, 0.2) is 27.5 Å². The second-order valence-corrected chi connectivity index (χ2v) is 7.51. The highest BCUT2D eigenvalue weighted by Crippen LogP contribution is 2.33. The lowest BCUT2D eigenvalue weighted by molar-refractivity contribution is -0.144. The Labute approximate surface area is 166 Å². The molecule has 2 aromatic heterocycles. The van der Waals surface area contributed by atoms with Crippen LogP contribution in [0.4, 0.5) is 0 Å². The summed E-state index contributed by atoms with van der Waals surface area (Å²) in [6.07, 6.45) is 1.73. The molecule has 1 unspecified atom stereocenters. The monoisotopic (exact) mass is 403 g/mol. The van der Waals surface area contributed by atoms with Gasteiger partial charge in [-0.15, -0.1) is 0 Å². The van der Waals surface area contributed by atoms with E-state index in [0.717, 1.165) is 30.3 Å². The molecule has 148 valence electrons. The first kappa shape index (κ1) is 19.0. The van der Waals surface area contributed by atoms with Gasteiger partial charge in [0.1, 0.15) is 16.7 Å². The summed E-state index contributed by atoms with van der Waals surface area (Å²) in [5.41, 5.74) is 1.10. The van der Waals surface area contributed by atoms with E-state index in [0.29, 0.717) is 34.8 Å². The van der Waals surface area contributed by atoms with Crippen LogP contribution in [0.25, 0.3) is 21.8 Å². The van der Waals surface area contributed by atoms with Crippen LogP contribution in [0.1, 0.15) is 31.6 Å². The number of aryl methyl sites for hydroxylation is 1. The number of nitrogens with zero attached hydrogens (tertiary/aromatic N) is 3. The van der Waals surface area contributed by atoms with E-state index in [2.05, 4.69) is 5.16 Å². The molecule has 0 N–H and O–H groups in total. The summed E-state index contributed by atoms with van der Waals surface area (Å²) < 4.78 is 12.2. The van der Waals surface area contributed by atoms with Gasteiger partial charge in [-0.3, -0.25) is 14.5 Å². The summed E-state index contributed by atoms with van der Waals surface area (Å²) >= 11 is 6.47. The standard InChI is InChI=1S/C20H22ClN3O4/c1-3-27-16(25)11-23-9-5-6-13(10-23)24-15-8-4-7-14(21)18(15)19-17(20(24)26)12(2)28-22-19/h4,7-8,13H,3,5-6,9-11H2,1-2H3. The van der Waals surface area contributed by atoms with E-state index in [1.807, 2.05) is 17.0 Å². The Bertz CT molecular complexity index is 1100. The molecule has 0 amide bonds. The maximum absolute atomic E-state index is 13.4. The minimum atomic E-state index is -0.242. The molecular weight excluding hydrogens is 382 g/mol. The zero-order chi connectivity index (χ0) is 19.8. The van der Waals surface area contributed by atoms with Crippen LogP contribution < -0.4 is 5.56 Å². The van der Waals surface area contributed by atoms with Crippen LogP contribution in [0, 0.1) is 6.92 Å². The van der Waals surface area contributed by atoms with Crippen molar-refractivity contribution in [3.8, 4) is 0 Å². The minimum absolute atomic E-state index is 0.0738. The second kappa shape index (κ2) is 7.56. The summed E-state index contributed by atoms with van der Waals surface area (Å²) in [5.74, 6) is 0.239. The average Bonchev–Trinajstić information content (AvgIpc) is 3.04. The predicted octanol–water partition coefficient (Wildman–Crippen LogP) is 3.30. The van der Waals surface area contributed by atoms with Crippen LogP contribution in [0.3, 0.4) is 0 Å². The van der Waals surface area contributed by atoms with Gasteiger partial charge in [-0.1, -0.05) is 22.8 Å². The highest BCUT2D eigenvalue weighted by atomic mass is 35.5. The minimum Gasteiger partial charge on any atom is -0.465 e. The summed E-state index contributed by atoms with van der Waals surface area (Å²) in [5, 5.41) is 5.80. The van der Waals surface area contributed by atoms with Gasteiger partial charge in [-0.05, 0) is 45.4 Å². The smallest absolute Gasteiger partial charge is 0.320 e. The highest BCUT2D eigenvalue weighted by Gasteiger charge is 2.28. The number of likely N-dealkylation sites (tertiary alicyclic amines) is 1. The number of halogens is 1. The maximum atomic E-state index is 13.4. The van der Waals surface area contributed by atoms with Crippen molar-refractivity contribution in [2.24, 2.45) is 0 Å². The molecule has 0 spiro atoms. The van der Waals surface area contributed by atoms with Crippen molar-refractivity contribution in [3.05, 3.63) is 39.3 Å². The Hall–Kier alpha value is -2.38. The molecule has 1 fully saturated rings. The molecule has 1 atom stereocenters. The molecular formula is C20H22ClN3O4. The van der Waals surface area contributed by atoms with Crippen molar-refractivity contribution in [2.75, 3.05) is 26.2 Å². The van der Waals surface area contributed by atoms with Gasteiger partial charge in [-0.25, -0.2) is 0 Å². The first-order valence-electron chi connectivity index (χ1n) is 9.48. The number of esters is 1. The lowest BCUT2D eigenvalue weighted by Gasteiger charge is -2.33. The normalized spacial score (nSPS) is 18.0. The Kier molecular flexibility index (Phi) is 5.12. The van der Waals surface area contributed by atoms with Gasteiger partial charge in [0.25, 0.3) is 5.56 Å². The third-order valence-electron chi connectivity index (χ3n) is 5.29. The van der Waals surface area contributed by atoms with E-state index in [9.17, 15) is 9.59 Å². The van der Waals surface area contributed by atoms with Crippen LogP contribution in [-0.4, -0.2) is 46.8 Å².